The lowest BCUT2D eigenvalue weighted by molar-refractivity contribution is 0.483. The van der Waals surface area contributed by atoms with E-state index in [1.807, 2.05) is 13.8 Å². The van der Waals surface area contributed by atoms with Crippen molar-refractivity contribution >= 4 is 20.1 Å². The lowest BCUT2D eigenvalue weighted by Crippen LogP contribution is -2.25. The highest BCUT2D eigenvalue weighted by atomic mass is 32.2. The largest absolute Gasteiger partial charge is 0.295 e. The van der Waals surface area contributed by atoms with E-state index < -0.39 is 20.1 Å². The number of nitrogens with one attached hydrogen (secondary N) is 1. The normalized spacial score (nSPS) is 12.1. The summed E-state index contributed by atoms with van der Waals surface area (Å²) in [6, 6.07) is 13.0. The van der Waals surface area contributed by atoms with Crippen molar-refractivity contribution in [3.05, 3.63) is 77.6 Å². The molecule has 0 aliphatic heterocycles. The van der Waals surface area contributed by atoms with Crippen LogP contribution in [0, 0.1) is 13.8 Å². The Morgan fingerprint density at radius 1 is 0.968 bits per heavy atom. The molecule has 0 amide bonds. The summed E-state index contributed by atoms with van der Waals surface area (Å²) >= 11 is 0. The molecule has 164 valence electrons. The smallest absolute Gasteiger partial charge is 0.282 e. The first-order valence-electron chi connectivity index (χ1n) is 9.66. The van der Waals surface area contributed by atoms with E-state index in [9.17, 15) is 21.4 Å². The Morgan fingerprint density at radius 2 is 1.68 bits per heavy atom. The second-order valence-corrected chi connectivity index (χ2v) is 10.4. The number of nitrogens with zero attached hydrogens (tertiary/aromatic N) is 1. The summed E-state index contributed by atoms with van der Waals surface area (Å²) in [6.45, 7) is 3.91. The van der Waals surface area contributed by atoms with Gasteiger partial charge in [0.1, 0.15) is 4.90 Å². The van der Waals surface area contributed by atoms with Crippen LogP contribution in [0.4, 0.5) is 0 Å². The molecule has 3 rings (SSSR count). The Kier molecular flexibility index (Phi) is 6.90. The highest BCUT2D eigenvalue weighted by Crippen LogP contribution is 2.33. The van der Waals surface area contributed by atoms with Crippen molar-refractivity contribution in [2.45, 2.75) is 36.5 Å². The monoisotopic (exact) mass is 460 g/mol. The molecule has 1 aromatic heterocycles. The second kappa shape index (κ2) is 9.27. The van der Waals surface area contributed by atoms with E-state index in [1.54, 1.807) is 48.7 Å². The molecule has 0 aliphatic carbocycles. The van der Waals surface area contributed by atoms with Crippen LogP contribution in [0.15, 0.2) is 70.7 Å². The third-order valence-electron chi connectivity index (χ3n) is 4.96. The molecule has 0 saturated heterocycles. The summed E-state index contributed by atoms with van der Waals surface area (Å²) < 4.78 is 61.2. The van der Waals surface area contributed by atoms with Crippen molar-refractivity contribution in [2.24, 2.45) is 0 Å². The first-order chi connectivity index (χ1) is 14.6. The van der Waals surface area contributed by atoms with E-state index in [0.717, 1.165) is 16.7 Å². The number of hydrogen-bond donors (Lipinski definition) is 2. The molecule has 0 spiro atoms. The molecule has 2 N–H and O–H groups in total. The van der Waals surface area contributed by atoms with Crippen molar-refractivity contribution in [2.75, 3.05) is 6.54 Å². The van der Waals surface area contributed by atoms with Gasteiger partial charge in [-0.25, -0.2) is 13.1 Å². The minimum Gasteiger partial charge on any atom is -0.282 e. The molecule has 0 bridgehead atoms. The fourth-order valence-electron chi connectivity index (χ4n) is 3.37. The van der Waals surface area contributed by atoms with Gasteiger partial charge in [-0.1, -0.05) is 29.8 Å². The van der Waals surface area contributed by atoms with Gasteiger partial charge in [-0.3, -0.25) is 9.54 Å². The van der Waals surface area contributed by atoms with E-state index in [1.165, 1.54) is 12.3 Å². The van der Waals surface area contributed by atoms with Gasteiger partial charge in [-0.2, -0.15) is 8.42 Å². The van der Waals surface area contributed by atoms with E-state index in [0.29, 0.717) is 24.0 Å². The lowest BCUT2D eigenvalue weighted by atomic mass is 9.93. The van der Waals surface area contributed by atoms with Crippen LogP contribution in [-0.4, -0.2) is 32.9 Å². The van der Waals surface area contributed by atoms with Crippen LogP contribution >= 0.6 is 0 Å². The average Bonchev–Trinajstić information content (AvgIpc) is 2.72. The molecule has 0 atom stereocenters. The summed E-state index contributed by atoms with van der Waals surface area (Å²) in [7, 11) is -8.08. The number of aromatic nitrogens is 1. The van der Waals surface area contributed by atoms with Gasteiger partial charge in [-0.05, 0) is 62.1 Å². The molecule has 2 aromatic carbocycles. The minimum absolute atomic E-state index is 0.179. The summed E-state index contributed by atoms with van der Waals surface area (Å²) in [5, 5.41) is 0. The molecule has 3 aromatic rings. The van der Waals surface area contributed by atoms with Crippen LogP contribution in [0.2, 0.25) is 0 Å². The van der Waals surface area contributed by atoms with Crippen molar-refractivity contribution in [1.29, 1.82) is 0 Å². The number of hydrogen-bond acceptors (Lipinski definition) is 5. The lowest BCUT2D eigenvalue weighted by Gasteiger charge is -2.16. The average molecular weight is 461 g/mol. The van der Waals surface area contributed by atoms with E-state index in [4.69, 9.17) is 0 Å². The summed E-state index contributed by atoms with van der Waals surface area (Å²) in [4.78, 5) is 4.06. The predicted molar refractivity (Wildman–Crippen MR) is 119 cm³/mol. The van der Waals surface area contributed by atoms with Crippen LogP contribution in [0.5, 0.6) is 0 Å². The van der Waals surface area contributed by atoms with Gasteiger partial charge in [0.15, 0.2) is 0 Å². The fourth-order valence-corrected chi connectivity index (χ4v) is 5.18. The zero-order valence-corrected chi connectivity index (χ0v) is 18.9. The number of pyridine rings is 1. The highest BCUT2D eigenvalue weighted by molar-refractivity contribution is 7.89. The maximum Gasteiger partial charge on any atom is 0.295 e. The Bertz CT molecular complexity index is 1270. The Morgan fingerprint density at radius 3 is 2.29 bits per heavy atom. The number of rotatable bonds is 8. The molecule has 0 fully saturated rings. The van der Waals surface area contributed by atoms with Crippen molar-refractivity contribution in [3.8, 4) is 11.1 Å². The van der Waals surface area contributed by atoms with E-state index in [-0.39, 0.29) is 16.3 Å². The van der Waals surface area contributed by atoms with Gasteiger partial charge in [0, 0.05) is 30.1 Å². The molecule has 0 saturated carbocycles. The number of benzene rings is 2. The molecule has 0 radical (unpaired) electrons. The van der Waals surface area contributed by atoms with E-state index in [2.05, 4.69) is 9.71 Å². The van der Waals surface area contributed by atoms with Crippen LogP contribution in [-0.2, 0) is 26.6 Å². The van der Waals surface area contributed by atoms with Crippen molar-refractivity contribution in [3.63, 3.8) is 0 Å². The van der Waals surface area contributed by atoms with Crippen LogP contribution in [0.1, 0.15) is 23.1 Å². The summed E-state index contributed by atoms with van der Waals surface area (Å²) in [5.74, 6) is 0. The topological polar surface area (TPSA) is 113 Å². The predicted octanol–water partition coefficient (Wildman–Crippen LogP) is 3.52. The van der Waals surface area contributed by atoms with Crippen LogP contribution < -0.4 is 4.72 Å². The SMILES string of the molecule is Cc1ccc(S(=O)(=O)NCCCc2c(C)ccc(S(=O)(=O)O)c2-c2cccnc2)cc1. The maximum atomic E-state index is 12.5. The number of sulfonamides is 1. The minimum atomic E-state index is -4.45. The van der Waals surface area contributed by atoms with Gasteiger partial charge in [0.05, 0.1) is 4.90 Å². The molecule has 31 heavy (non-hydrogen) atoms. The highest BCUT2D eigenvalue weighted by Gasteiger charge is 2.21. The fraction of sp³-hybridized carbons (Fsp3) is 0.227. The van der Waals surface area contributed by atoms with Gasteiger partial charge >= 0.3 is 0 Å². The summed E-state index contributed by atoms with van der Waals surface area (Å²) in [6.07, 6.45) is 3.96. The Balaban J connectivity index is 1.84. The van der Waals surface area contributed by atoms with Crippen molar-refractivity contribution < 1.29 is 21.4 Å². The van der Waals surface area contributed by atoms with Crippen LogP contribution in [0.25, 0.3) is 11.1 Å². The first-order valence-corrected chi connectivity index (χ1v) is 12.6. The molecular weight excluding hydrogens is 436 g/mol. The zero-order chi connectivity index (χ0) is 22.6. The van der Waals surface area contributed by atoms with Gasteiger partial charge in [0.2, 0.25) is 10.0 Å². The Hall–Kier alpha value is -2.59. The molecule has 7 nitrogen and oxygen atoms in total. The molecule has 0 aliphatic rings. The molecule has 9 heteroatoms. The summed E-state index contributed by atoms with van der Waals surface area (Å²) in [5.41, 5.74) is 3.48. The molecular formula is C22H24N2O5S2. The molecule has 0 unspecified atom stereocenters. The van der Waals surface area contributed by atoms with Crippen LogP contribution in [0.3, 0.4) is 0 Å². The standard InChI is InChI=1S/C22H24N2O5S2/c1-16-7-10-19(11-8-16)30(25,26)24-14-4-6-20-17(2)9-12-21(31(27,28)29)22(20)18-5-3-13-23-15-18/h3,5,7-13,15,24H,4,6,14H2,1-2H3,(H,27,28,29). The Labute approximate surface area is 183 Å². The first kappa shape index (κ1) is 23.1. The quantitative estimate of drug-likeness (QED) is 0.393. The number of aryl methyl sites for hydroxylation is 2. The van der Waals surface area contributed by atoms with Gasteiger partial charge < -0.3 is 0 Å². The maximum absolute atomic E-state index is 12.5. The van der Waals surface area contributed by atoms with Crippen molar-refractivity contribution in [1.82, 2.24) is 9.71 Å². The third-order valence-corrected chi connectivity index (χ3v) is 7.34. The molecule has 1 heterocycles. The van der Waals surface area contributed by atoms with Gasteiger partial charge in [-0.15, -0.1) is 0 Å². The van der Waals surface area contributed by atoms with Gasteiger partial charge in [0.25, 0.3) is 10.1 Å². The third kappa shape index (κ3) is 5.56. The zero-order valence-electron chi connectivity index (χ0n) is 17.2. The van der Waals surface area contributed by atoms with E-state index >= 15 is 0 Å². The second-order valence-electron chi connectivity index (χ2n) is 7.27.